The molecule has 0 radical (unpaired) electrons. The van der Waals surface area contributed by atoms with Crippen molar-refractivity contribution in [1.82, 2.24) is 0 Å². The van der Waals surface area contributed by atoms with Gasteiger partial charge >= 0.3 is 0 Å². The van der Waals surface area contributed by atoms with E-state index in [1.807, 2.05) is 11.3 Å². The Morgan fingerprint density at radius 3 is 2.47 bits per heavy atom. The molecule has 1 aliphatic rings. The van der Waals surface area contributed by atoms with Crippen LogP contribution in [0, 0.1) is 25.7 Å². The summed E-state index contributed by atoms with van der Waals surface area (Å²) in [5.41, 5.74) is 1.40. The molecule has 0 aliphatic heterocycles. The Bertz CT molecular complexity index is 388. The minimum Gasteiger partial charge on any atom is -0.144 e. The van der Waals surface area contributed by atoms with Gasteiger partial charge in [-0.2, -0.15) is 0 Å². The van der Waals surface area contributed by atoms with E-state index in [4.69, 9.17) is 11.6 Å². The highest BCUT2D eigenvalue weighted by molar-refractivity contribution is 7.12. The number of unbranched alkanes of at least 4 members (excludes halogenated alkanes) is 1. The van der Waals surface area contributed by atoms with Crippen molar-refractivity contribution < 1.29 is 0 Å². The summed E-state index contributed by atoms with van der Waals surface area (Å²) in [6, 6.07) is 2.28. The van der Waals surface area contributed by atoms with E-state index in [0.717, 1.165) is 5.92 Å². The molecule has 1 atom stereocenters. The van der Waals surface area contributed by atoms with E-state index in [-0.39, 0.29) is 5.38 Å². The number of rotatable bonds is 5. The van der Waals surface area contributed by atoms with Crippen LogP contribution in [-0.4, -0.2) is 0 Å². The molecule has 1 aromatic rings. The minimum absolute atomic E-state index is 0.255. The van der Waals surface area contributed by atoms with Crippen molar-refractivity contribution in [2.24, 2.45) is 11.8 Å². The molecule has 0 N–H and O–H groups in total. The molecule has 0 bridgehead atoms. The van der Waals surface area contributed by atoms with Crippen LogP contribution >= 0.6 is 22.9 Å². The van der Waals surface area contributed by atoms with Gasteiger partial charge in [-0.15, -0.1) is 22.9 Å². The summed E-state index contributed by atoms with van der Waals surface area (Å²) >= 11 is 8.66. The normalized spacial score (nSPS) is 25.5. The molecule has 0 spiro atoms. The summed E-state index contributed by atoms with van der Waals surface area (Å²) in [7, 11) is 0. The van der Waals surface area contributed by atoms with Gasteiger partial charge in [0.05, 0.1) is 5.38 Å². The predicted molar refractivity (Wildman–Crippen MR) is 87.4 cm³/mol. The van der Waals surface area contributed by atoms with Crippen LogP contribution in [-0.2, 0) is 0 Å². The molecule has 108 valence electrons. The Kier molecular flexibility index (Phi) is 5.77. The molecule has 0 saturated heterocycles. The van der Waals surface area contributed by atoms with Crippen molar-refractivity contribution in [2.45, 2.75) is 71.1 Å². The van der Waals surface area contributed by atoms with Gasteiger partial charge in [0.1, 0.15) is 0 Å². The second kappa shape index (κ2) is 7.13. The third-order valence-electron chi connectivity index (χ3n) is 4.60. The smallest absolute Gasteiger partial charge is 0.0709 e. The van der Waals surface area contributed by atoms with Gasteiger partial charge in [-0.1, -0.05) is 39.0 Å². The molecular weight excluding hydrogens is 272 g/mol. The van der Waals surface area contributed by atoms with Gasteiger partial charge < -0.3 is 0 Å². The van der Waals surface area contributed by atoms with Gasteiger partial charge in [-0.25, -0.2) is 0 Å². The summed E-state index contributed by atoms with van der Waals surface area (Å²) in [6.07, 6.45) is 9.65. The fraction of sp³-hybridized carbons (Fsp3) is 0.765. The van der Waals surface area contributed by atoms with Gasteiger partial charge in [0, 0.05) is 9.75 Å². The van der Waals surface area contributed by atoms with Crippen LogP contribution in [0.15, 0.2) is 6.07 Å². The molecule has 1 heterocycles. The number of hydrogen-bond donors (Lipinski definition) is 0. The van der Waals surface area contributed by atoms with E-state index < -0.39 is 0 Å². The molecule has 2 heteroatoms. The highest BCUT2D eigenvalue weighted by atomic mass is 35.5. The first-order chi connectivity index (χ1) is 9.11. The standard InChI is InChI=1S/C17H27ClS/c1-4-5-6-14-7-9-15(10-8-14)16(18)17-12(2)11-13(3)19-17/h11,14-16H,4-10H2,1-3H3. The van der Waals surface area contributed by atoms with Gasteiger partial charge in [-0.05, 0) is 50.2 Å². The number of halogens is 1. The molecule has 0 amide bonds. The summed E-state index contributed by atoms with van der Waals surface area (Å²) in [6.45, 7) is 6.69. The fourth-order valence-electron chi connectivity index (χ4n) is 3.41. The van der Waals surface area contributed by atoms with E-state index in [2.05, 4.69) is 26.8 Å². The second-order valence-corrected chi connectivity index (χ2v) is 7.99. The maximum atomic E-state index is 6.77. The van der Waals surface area contributed by atoms with Crippen molar-refractivity contribution in [1.29, 1.82) is 0 Å². The first-order valence-electron chi connectivity index (χ1n) is 7.82. The van der Waals surface area contributed by atoms with Crippen LogP contribution in [0.1, 0.15) is 72.6 Å². The third kappa shape index (κ3) is 3.98. The van der Waals surface area contributed by atoms with Crippen LogP contribution < -0.4 is 0 Å². The van der Waals surface area contributed by atoms with Crippen LogP contribution in [0.25, 0.3) is 0 Å². The summed E-state index contributed by atoms with van der Waals surface area (Å²) in [5.74, 6) is 1.68. The van der Waals surface area contributed by atoms with Gasteiger partial charge in [-0.3, -0.25) is 0 Å². The van der Waals surface area contributed by atoms with Crippen LogP contribution in [0.5, 0.6) is 0 Å². The zero-order valence-corrected chi connectivity index (χ0v) is 14.1. The van der Waals surface area contributed by atoms with E-state index in [1.54, 1.807) is 0 Å². The first-order valence-corrected chi connectivity index (χ1v) is 9.08. The summed E-state index contributed by atoms with van der Waals surface area (Å²) < 4.78 is 0. The molecule has 0 aromatic carbocycles. The largest absolute Gasteiger partial charge is 0.144 e. The zero-order chi connectivity index (χ0) is 13.8. The maximum Gasteiger partial charge on any atom is 0.0709 e. The van der Waals surface area contributed by atoms with Gasteiger partial charge in [0.2, 0.25) is 0 Å². The van der Waals surface area contributed by atoms with Crippen LogP contribution in [0.3, 0.4) is 0 Å². The van der Waals surface area contributed by atoms with Crippen LogP contribution in [0.2, 0.25) is 0 Å². The van der Waals surface area contributed by atoms with Crippen molar-refractivity contribution in [3.63, 3.8) is 0 Å². The average Bonchev–Trinajstić information content (AvgIpc) is 2.75. The van der Waals surface area contributed by atoms with Crippen molar-refractivity contribution in [2.75, 3.05) is 0 Å². The van der Waals surface area contributed by atoms with Crippen LogP contribution in [0.4, 0.5) is 0 Å². The monoisotopic (exact) mass is 298 g/mol. The van der Waals surface area contributed by atoms with E-state index in [0.29, 0.717) is 5.92 Å². The SMILES string of the molecule is CCCCC1CCC(C(Cl)c2sc(C)cc2C)CC1. The van der Waals surface area contributed by atoms with Crippen molar-refractivity contribution in [3.05, 3.63) is 21.4 Å². The Morgan fingerprint density at radius 2 is 1.95 bits per heavy atom. The average molecular weight is 299 g/mol. The van der Waals surface area contributed by atoms with E-state index in [1.165, 1.54) is 60.3 Å². The lowest BCUT2D eigenvalue weighted by atomic mass is 9.78. The number of thiophene rings is 1. The highest BCUT2D eigenvalue weighted by Crippen LogP contribution is 2.44. The number of hydrogen-bond acceptors (Lipinski definition) is 1. The molecule has 1 fully saturated rings. The predicted octanol–water partition coefficient (Wildman–Crippen LogP) is 6.64. The number of aryl methyl sites for hydroxylation is 2. The molecule has 19 heavy (non-hydrogen) atoms. The van der Waals surface area contributed by atoms with Gasteiger partial charge in [0.25, 0.3) is 0 Å². The Morgan fingerprint density at radius 1 is 1.26 bits per heavy atom. The maximum absolute atomic E-state index is 6.77. The molecule has 1 aliphatic carbocycles. The summed E-state index contributed by atoms with van der Waals surface area (Å²) in [5, 5.41) is 0.255. The van der Waals surface area contributed by atoms with E-state index >= 15 is 0 Å². The van der Waals surface area contributed by atoms with E-state index in [9.17, 15) is 0 Å². The first kappa shape index (κ1) is 15.4. The molecule has 2 rings (SSSR count). The minimum atomic E-state index is 0.255. The Labute approximate surface area is 127 Å². The summed E-state index contributed by atoms with van der Waals surface area (Å²) in [4.78, 5) is 2.82. The van der Waals surface area contributed by atoms with Gasteiger partial charge in [0.15, 0.2) is 0 Å². The Hall–Kier alpha value is -0.0100. The lowest BCUT2D eigenvalue weighted by Gasteiger charge is -2.31. The quantitative estimate of drug-likeness (QED) is 0.534. The topological polar surface area (TPSA) is 0 Å². The molecule has 0 nitrogen and oxygen atoms in total. The molecular formula is C17H27ClS. The lowest BCUT2D eigenvalue weighted by Crippen LogP contribution is -2.18. The van der Waals surface area contributed by atoms with Crippen molar-refractivity contribution in [3.8, 4) is 0 Å². The second-order valence-electron chi connectivity index (χ2n) is 6.23. The zero-order valence-electron chi connectivity index (χ0n) is 12.5. The Balaban J connectivity index is 1.89. The molecule has 1 unspecified atom stereocenters. The number of alkyl halides is 1. The highest BCUT2D eigenvalue weighted by Gasteiger charge is 2.28. The van der Waals surface area contributed by atoms with Crippen molar-refractivity contribution >= 4 is 22.9 Å². The fourth-order valence-corrected chi connectivity index (χ4v) is 5.07. The third-order valence-corrected chi connectivity index (χ3v) is 6.54. The molecule has 1 aromatic heterocycles. The molecule has 1 saturated carbocycles. The lowest BCUT2D eigenvalue weighted by molar-refractivity contribution is 0.255.